The predicted molar refractivity (Wildman–Crippen MR) is 39.9 cm³/mol. The number of rotatable bonds is 0. The van der Waals surface area contributed by atoms with E-state index in [1.807, 2.05) is 4.90 Å². The van der Waals surface area contributed by atoms with Crippen LogP contribution in [0, 0.1) is 0 Å². The average Bonchev–Trinajstić information content (AvgIpc) is 2.06. The third kappa shape index (κ3) is 1.17. The lowest BCUT2D eigenvalue weighted by Gasteiger charge is -2.39. The van der Waals surface area contributed by atoms with E-state index in [2.05, 4.69) is 16.2 Å². The molecule has 11 heavy (non-hydrogen) atoms. The molecule has 1 unspecified atom stereocenters. The van der Waals surface area contributed by atoms with Crippen molar-refractivity contribution >= 4 is 6.03 Å². The van der Waals surface area contributed by atoms with E-state index < -0.39 is 0 Å². The monoisotopic (exact) mass is 156 g/mol. The van der Waals surface area contributed by atoms with Gasteiger partial charge in [0.05, 0.1) is 6.04 Å². The Kier molecular flexibility index (Phi) is 1.67. The van der Waals surface area contributed by atoms with Crippen molar-refractivity contribution in [3.8, 4) is 0 Å². The molecular weight excluding hydrogens is 144 g/mol. The van der Waals surface area contributed by atoms with Crippen molar-refractivity contribution in [3.05, 3.63) is 0 Å². The van der Waals surface area contributed by atoms with Crippen LogP contribution in [0.5, 0.6) is 0 Å². The van der Waals surface area contributed by atoms with Crippen molar-refractivity contribution in [2.75, 3.05) is 26.2 Å². The Morgan fingerprint density at radius 1 is 1.45 bits per heavy atom. The number of nitrogens with zero attached hydrogens (tertiary/aromatic N) is 1. The highest BCUT2D eigenvalue weighted by Gasteiger charge is 2.29. The summed E-state index contributed by atoms with van der Waals surface area (Å²) in [4.78, 5) is 13.0. The van der Waals surface area contributed by atoms with Crippen molar-refractivity contribution in [3.63, 3.8) is 0 Å². The first-order chi connectivity index (χ1) is 5.38. The van der Waals surface area contributed by atoms with Gasteiger partial charge in [-0.15, -0.1) is 0 Å². The molecule has 2 saturated heterocycles. The topological polar surface area (TPSA) is 56.4 Å². The van der Waals surface area contributed by atoms with Crippen molar-refractivity contribution in [1.29, 1.82) is 0 Å². The second-order valence-corrected chi connectivity index (χ2v) is 2.86. The first-order valence-electron chi connectivity index (χ1n) is 3.88. The summed E-state index contributed by atoms with van der Waals surface area (Å²) < 4.78 is 0. The molecule has 2 fully saturated rings. The largest absolute Gasteiger partial charge is 0.332 e. The SMILES string of the molecule is O=C1NNCC2CNCCN12. The third-order valence-corrected chi connectivity index (χ3v) is 2.14. The Morgan fingerprint density at radius 3 is 3.18 bits per heavy atom. The maximum atomic E-state index is 11.2. The van der Waals surface area contributed by atoms with Crippen molar-refractivity contribution in [1.82, 2.24) is 21.1 Å². The Balaban J connectivity index is 2.05. The molecule has 2 aliphatic rings. The molecule has 0 radical (unpaired) electrons. The lowest BCUT2D eigenvalue weighted by Crippen LogP contribution is -2.66. The number of nitrogens with one attached hydrogen (secondary N) is 3. The molecule has 0 saturated carbocycles. The molecule has 0 aromatic rings. The van der Waals surface area contributed by atoms with E-state index in [1.165, 1.54) is 0 Å². The zero-order valence-electron chi connectivity index (χ0n) is 6.26. The normalized spacial score (nSPS) is 31.1. The molecule has 0 aromatic heterocycles. The highest BCUT2D eigenvalue weighted by Crippen LogP contribution is 2.04. The van der Waals surface area contributed by atoms with Gasteiger partial charge in [-0.3, -0.25) is 5.43 Å². The van der Waals surface area contributed by atoms with Crippen LogP contribution in [0.3, 0.4) is 0 Å². The van der Waals surface area contributed by atoms with E-state index in [4.69, 9.17) is 0 Å². The molecule has 2 rings (SSSR count). The van der Waals surface area contributed by atoms with Crippen LogP contribution < -0.4 is 16.2 Å². The highest BCUT2D eigenvalue weighted by molar-refractivity contribution is 5.74. The van der Waals surface area contributed by atoms with Crippen LogP contribution in [0.1, 0.15) is 0 Å². The van der Waals surface area contributed by atoms with Crippen LogP contribution in [0.15, 0.2) is 0 Å². The summed E-state index contributed by atoms with van der Waals surface area (Å²) in [6.45, 7) is 3.46. The maximum Gasteiger partial charge on any atom is 0.332 e. The molecule has 0 aromatic carbocycles. The number of carbonyl (C=O) groups is 1. The van der Waals surface area contributed by atoms with E-state index in [0.29, 0.717) is 6.04 Å². The van der Waals surface area contributed by atoms with Crippen LogP contribution >= 0.6 is 0 Å². The summed E-state index contributed by atoms with van der Waals surface area (Å²) in [6.07, 6.45) is 0. The number of carbonyl (C=O) groups excluding carboxylic acids is 1. The molecular formula is C6H12N4O. The van der Waals surface area contributed by atoms with E-state index in [1.54, 1.807) is 0 Å². The van der Waals surface area contributed by atoms with Gasteiger partial charge in [-0.2, -0.15) is 0 Å². The summed E-state index contributed by atoms with van der Waals surface area (Å²) in [7, 11) is 0. The number of piperazine rings is 1. The van der Waals surface area contributed by atoms with Gasteiger partial charge in [0.25, 0.3) is 0 Å². The molecule has 1 atom stereocenters. The van der Waals surface area contributed by atoms with Crippen molar-refractivity contribution in [2.45, 2.75) is 6.04 Å². The molecule has 0 spiro atoms. The van der Waals surface area contributed by atoms with Crippen LogP contribution in [0.25, 0.3) is 0 Å². The van der Waals surface area contributed by atoms with Gasteiger partial charge in [0.2, 0.25) is 0 Å². The fourth-order valence-corrected chi connectivity index (χ4v) is 1.53. The van der Waals surface area contributed by atoms with Crippen LogP contribution in [-0.2, 0) is 0 Å². The Labute approximate surface area is 65.1 Å². The second-order valence-electron chi connectivity index (χ2n) is 2.86. The predicted octanol–water partition coefficient (Wildman–Crippen LogP) is -1.51. The van der Waals surface area contributed by atoms with E-state index in [0.717, 1.165) is 26.2 Å². The average molecular weight is 156 g/mol. The summed E-state index contributed by atoms with van der Waals surface area (Å²) in [6, 6.07) is 0.334. The summed E-state index contributed by atoms with van der Waals surface area (Å²) in [5, 5.41) is 3.24. The Morgan fingerprint density at radius 2 is 2.36 bits per heavy atom. The van der Waals surface area contributed by atoms with Gasteiger partial charge in [-0.25, -0.2) is 10.2 Å². The number of hydrogen-bond donors (Lipinski definition) is 3. The van der Waals surface area contributed by atoms with E-state index in [9.17, 15) is 4.79 Å². The minimum absolute atomic E-state index is 0.00255. The maximum absolute atomic E-state index is 11.2. The van der Waals surface area contributed by atoms with E-state index in [-0.39, 0.29) is 6.03 Å². The smallest absolute Gasteiger partial charge is 0.317 e. The molecule has 5 heteroatoms. The molecule has 62 valence electrons. The second kappa shape index (κ2) is 2.67. The Hall–Kier alpha value is -0.810. The lowest BCUT2D eigenvalue weighted by atomic mass is 10.2. The van der Waals surface area contributed by atoms with Gasteiger partial charge >= 0.3 is 6.03 Å². The number of hydrogen-bond acceptors (Lipinski definition) is 3. The highest BCUT2D eigenvalue weighted by atomic mass is 16.2. The number of amides is 2. The van der Waals surface area contributed by atoms with Crippen LogP contribution in [0.4, 0.5) is 4.79 Å². The standard InChI is InChI=1S/C6H12N4O/c11-6-9-8-4-5-3-7-1-2-10(5)6/h5,7-8H,1-4H2,(H,9,11). The van der Waals surface area contributed by atoms with Gasteiger partial charge in [0.15, 0.2) is 0 Å². The van der Waals surface area contributed by atoms with Gasteiger partial charge < -0.3 is 10.2 Å². The fourth-order valence-electron chi connectivity index (χ4n) is 1.53. The summed E-state index contributed by atoms with van der Waals surface area (Å²) in [5.74, 6) is 0. The molecule has 0 bridgehead atoms. The fraction of sp³-hybridized carbons (Fsp3) is 0.833. The van der Waals surface area contributed by atoms with Crippen LogP contribution in [-0.4, -0.2) is 43.2 Å². The molecule has 3 N–H and O–H groups in total. The summed E-state index contributed by atoms with van der Waals surface area (Å²) >= 11 is 0. The molecule has 2 heterocycles. The third-order valence-electron chi connectivity index (χ3n) is 2.14. The number of fused-ring (bicyclic) bond motifs is 1. The Bertz CT molecular complexity index is 170. The van der Waals surface area contributed by atoms with E-state index >= 15 is 0 Å². The van der Waals surface area contributed by atoms with Gasteiger partial charge in [0.1, 0.15) is 0 Å². The lowest BCUT2D eigenvalue weighted by molar-refractivity contribution is 0.131. The first-order valence-corrected chi connectivity index (χ1v) is 3.88. The van der Waals surface area contributed by atoms with Gasteiger partial charge in [-0.05, 0) is 0 Å². The van der Waals surface area contributed by atoms with Gasteiger partial charge in [0, 0.05) is 26.2 Å². The van der Waals surface area contributed by atoms with Gasteiger partial charge in [-0.1, -0.05) is 0 Å². The zero-order valence-corrected chi connectivity index (χ0v) is 6.26. The number of hydrazine groups is 1. The van der Waals surface area contributed by atoms with Crippen molar-refractivity contribution < 1.29 is 4.79 Å². The molecule has 5 nitrogen and oxygen atoms in total. The van der Waals surface area contributed by atoms with Crippen molar-refractivity contribution in [2.24, 2.45) is 0 Å². The molecule has 2 amide bonds. The van der Waals surface area contributed by atoms with Crippen LogP contribution in [0.2, 0.25) is 0 Å². The quantitative estimate of drug-likeness (QED) is 0.399. The summed E-state index contributed by atoms with van der Waals surface area (Å²) in [5.41, 5.74) is 5.44. The minimum atomic E-state index is 0.00255. The molecule has 2 aliphatic heterocycles. The zero-order chi connectivity index (χ0) is 7.68. The molecule has 0 aliphatic carbocycles. The first kappa shape index (κ1) is 6.87. The minimum Gasteiger partial charge on any atom is -0.317 e. The number of urea groups is 1.